The minimum absolute atomic E-state index is 0.658. The van der Waals surface area contributed by atoms with Crippen LogP contribution in [0.5, 0.6) is 0 Å². The van der Waals surface area contributed by atoms with Gasteiger partial charge >= 0.3 is 0 Å². The van der Waals surface area contributed by atoms with Crippen LogP contribution in [0.2, 0.25) is 0 Å². The Balaban J connectivity index is 1.79. The highest BCUT2D eigenvalue weighted by molar-refractivity contribution is 7.99. The molecule has 1 N–H and O–H groups in total. The van der Waals surface area contributed by atoms with Gasteiger partial charge < -0.3 is 9.88 Å². The van der Waals surface area contributed by atoms with Crippen LogP contribution in [-0.4, -0.2) is 33.1 Å². The van der Waals surface area contributed by atoms with E-state index in [0.29, 0.717) is 6.04 Å². The Hall–Kier alpha value is -0.550. The molecule has 1 aromatic rings. The van der Waals surface area contributed by atoms with Gasteiger partial charge in [0.1, 0.15) is 6.33 Å². The van der Waals surface area contributed by atoms with Gasteiger partial charge in [-0.05, 0) is 19.4 Å². The molecule has 0 spiro atoms. The van der Waals surface area contributed by atoms with E-state index in [1.54, 1.807) is 18.1 Å². The summed E-state index contributed by atoms with van der Waals surface area (Å²) in [5.41, 5.74) is 0. The van der Waals surface area contributed by atoms with Gasteiger partial charge in [0.2, 0.25) is 0 Å². The van der Waals surface area contributed by atoms with Crippen molar-refractivity contribution < 1.29 is 0 Å². The third-order valence-electron chi connectivity index (χ3n) is 2.50. The second kappa shape index (κ2) is 4.79. The van der Waals surface area contributed by atoms with Gasteiger partial charge in [-0.25, -0.2) is 0 Å². The van der Waals surface area contributed by atoms with Crippen molar-refractivity contribution in [1.82, 2.24) is 20.1 Å². The molecule has 2 heterocycles. The average molecular weight is 212 g/mol. The Morgan fingerprint density at radius 1 is 1.64 bits per heavy atom. The molecule has 0 bridgehead atoms. The van der Waals surface area contributed by atoms with Crippen LogP contribution < -0.4 is 5.32 Å². The van der Waals surface area contributed by atoms with Crippen molar-refractivity contribution in [3.05, 3.63) is 6.33 Å². The van der Waals surface area contributed by atoms with Gasteiger partial charge in [0.25, 0.3) is 0 Å². The van der Waals surface area contributed by atoms with Crippen LogP contribution in [0.25, 0.3) is 0 Å². The number of hydrogen-bond donors (Lipinski definition) is 1. The first-order valence-corrected chi connectivity index (χ1v) is 6.05. The van der Waals surface area contributed by atoms with Gasteiger partial charge in [-0.15, -0.1) is 10.2 Å². The maximum absolute atomic E-state index is 4.05. The molecule has 1 unspecified atom stereocenters. The third-order valence-corrected chi connectivity index (χ3v) is 3.69. The van der Waals surface area contributed by atoms with Crippen molar-refractivity contribution in [2.75, 3.05) is 12.3 Å². The highest BCUT2D eigenvalue weighted by Gasteiger charge is 2.13. The van der Waals surface area contributed by atoms with Gasteiger partial charge in [-0.1, -0.05) is 18.2 Å². The predicted octanol–water partition coefficient (Wildman–Crippen LogP) is 1.05. The van der Waals surface area contributed by atoms with Crippen molar-refractivity contribution in [3.8, 4) is 0 Å². The fourth-order valence-corrected chi connectivity index (χ4v) is 2.64. The van der Waals surface area contributed by atoms with Crippen LogP contribution in [-0.2, 0) is 7.05 Å². The fraction of sp³-hybridized carbons (Fsp3) is 0.778. The summed E-state index contributed by atoms with van der Waals surface area (Å²) in [5.74, 6) is 1.10. The Morgan fingerprint density at radius 3 is 3.21 bits per heavy atom. The number of rotatable bonds is 3. The molecule has 0 radical (unpaired) electrons. The summed E-state index contributed by atoms with van der Waals surface area (Å²) in [6.07, 6.45) is 5.73. The molecule has 14 heavy (non-hydrogen) atoms. The number of thioether (sulfide) groups is 1. The van der Waals surface area contributed by atoms with E-state index in [1.807, 2.05) is 11.6 Å². The number of nitrogens with one attached hydrogen (secondary N) is 1. The third kappa shape index (κ3) is 2.48. The Morgan fingerprint density at radius 2 is 2.57 bits per heavy atom. The highest BCUT2D eigenvalue weighted by Crippen LogP contribution is 2.18. The summed E-state index contributed by atoms with van der Waals surface area (Å²) >= 11 is 1.79. The van der Waals surface area contributed by atoms with E-state index in [1.165, 1.54) is 25.8 Å². The molecule has 1 aliphatic heterocycles. The predicted molar refractivity (Wildman–Crippen MR) is 57.4 cm³/mol. The molecule has 1 aromatic heterocycles. The zero-order chi connectivity index (χ0) is 9.80. The van der Waals surface area contributed by atoms with Gasteiger partial charge in [0, 0.05) is 18.8 Å². The monoisotopic (exact) mass is 212 g/mol. The molecule has 5 heteroatoms. The smallest absolute Gasteiger partial charge is 0.190 e. The number of nitrogens with zero attached hydrogens (tertiary/aromatic N) is 3. The van der Waals surface area contributed by atoms with Crippen LogP contribution in [0.4, 0.5) is 0 Å². The molecule has 0 aliphatic carbocycles. The lowest BCUT2D eigenvalue weighted by Gasteiger charge is -2.22. The first-order chi connectivity index (χ1) is 6.86. The van der Waals surface area contributed by atoms with Crippen molar-refractivity contribution >= 4 is 11.8 Å². The Labute approximate surface area is 88.5 Å². The van der Waals surface area contributed by atoms with E-state index in [-0.39, 0.29) is 0 Å². The fourth-order valence-electron chi connectivity index (χ4n) is 1.64. The highest BCUT2D eigenvalue weighted by atomic mass is 32.2. The normalized spacial score (nSPS) is 22.5. The molecular weight excluding hydrogens is 196 g/mol. The SMILES string of the molecule is Cn1cnnc1SCC1CCCCN1. The summed E-state index contributed by atoms with van der Waals surface area (Å²) in [7, 11) is 1.98. The van der Waals surface area contributed by atoms with Crippen LogP contribution in [0.15, 0.2) is 11.5 Å². The number of hydrogen-bond acceptors (Lipinski definition) is 4. The molecule has 1 aliphatic rings. The van der Waals surface area contributed by atoms with E-state index >= 15 is 0 Å². The van der Waals surface area contributed by atoms with Crippen molar-refractivity contribution in [2.24, 2.45) is 7.05 Å². The quantitative estimate of drug-likeness (QED) is 0.761. The second-order valence-corrected chi connectivity index (χ2v) is 4.67. The van der Waals surface area contributed by atoms with E-state index in [4.69, 9.17) is 0 Å². The van der Waals surface area contributed by atoms with Crippen LogP contribution in [0.3, 0.4) is 0 Å². The summed E-state index contributed by atoms with van der Waals surface area (Å²) < 4.78 is 1.97. The molecule has 1 fully saturated rings. The average Bonchev–Trinajstić information content (AvgIpc) is 2.63. The van der Waals surface area contributed by atoms with Gasteiger partial charge in [0.05, 0.1) is 0 Å². The van der Waals surface area contributed by atoms with Crippen LogP contribution >= 0.6 is 11.8 Å². The topological polar surface area (TPSA) is 42.7 Å². The molecule has 1 atom stereocenters. The molecule has 0 aromatic carbocycles. The second-order valence-electron chi connectivity index (χ2n) is 3.68. The zero-order valence-corrected chi connectivity index (χ0v) is 9.26. The minimum Gasteiger partial charge on any atom is -0.313 e. The van der Waals surface area contributed by atoms with Crippen molar-refractivity contribution in [3.63, 3.8) is 0 Å². The number of aryl methyl sites for hydroxylation is 1. The molecule has 1 saturated heterocycles. The molecule has 2 rings (SSSR count). The van der Waals surface area contributed by atoms with E-state index in [0.717, 1.165) is 10.9 Å². The lowest BCUT2D eigenvalue weighted by molar-refractivity contribution is 0.429. The standard InChI is InChI=1S/C9H16N4S/c1-13-7-11-12-9(13)14-6-8-4-2-3-5-10-8/h7-8,10H,2-6H2,1H3. The summed E-state index contributed by atoms with van der Waals surface area (Å²) in [4.78, 5) is 0. The minimum atomic E-state index is 0.658. The maximum Gasteiger partial charge on any atom is 0.190 e. The van der Waals surface area contributed by atoms with Gasteiger partial charge in [0.15, 0.2) is 5.16 Å². The zero-order valence-electron chi connectivity index (χ0n) is 8.44. The number of piperidine rings is 1. The first kappa shape index (κ1) is 9.98. The first-order valence-electron chi connectivity index (χ1n) is 5.06. The van der Waals surface area contributed by atoms with E-state index in [2.05, 4.69) is 15.5 Å². The molecular formula is C9H16N4S. The van der Waals surface area contributed by atoms with E-state index in [9.17, 15) is 0 Å². The summed E-state index contributed by atoms with van der Waals surface area (Å²) in [5, 5.41) is 12.4. The van der Waals surface area contributed by atoms with Crippen molar-refractivity contribution in [1.29, 1.82) is 0 Å². The van der Waals surface area contributed by atoms with Crippen molar-refractivity contribution in [2.45, 2.75) is 30.5 Å². The molecule has 78 valence electrons. The Bertz CT molecular complexity index is 280. The summed E-state index contributed by atoms with van der Waals surface area (Å²) in [6, 6.07) is 0.658. The van der Waals surface area contributed by atoms with Crippen LogP contribution in [0, 0.1) is 0 Å². The molecule has 0 amide bonds. The largest absolute Gasteiger partial charge is 0.313 e. The van der Waals surface area contributed by atoms with E-state index < -0.39 is 0 Å². The lowest BCUT2D eigenvalue weighted by Crippen LogP contribution is -2.35. The van der Waals surface area contributed by atoms with Gasteiger partial charge in [-0.3, -0.25) is 0 Å². The van der Waals surface area contributed by atoms with Gasteiger partial charge in [-0.2, -0.15) is 0 Å². The Kier molecular flexibility index (Phi) is 3.42. The summed E-state index contributed by atoms with van der Waals surface area (Å²) in [6.45, 7) is 1.17. The molecule has 0 saturated carbocycles. The lowest BCUT2D eigenvalue weighted by atomic mass is 10.1. The molecule has 4 nitrogen and oxygen atoms in total. The number of aromatic nitrogens is 3. The van der Waals surface area contributed by atoms with Crippen LogP contribution in [0.1, 0.15) is 19.3 Å². The maximum atomic E-state index is 4.05.